The van der Waals surface area contributed by atoms with Crippen LogP contribution >= 0.6 is 0 Å². The molecule has 5 nitrogen and oxygen atoms in total. The number of imidazole rings is 1. The zero-order valence-corrected chi connectivity index (χ0v) is 18.5. The summed E-state index contributed by atoms with van der Waals surface area (Å²) in [5.74, 6) is 6.38. The van der Waals surface area contributed by atoms with Crippen LogP contribution in [0.1, 0.15) is 55.2 Å². The van der Waals surface area contributed by atoms with Gasteiger partial charge in [0.2, 0.25) is 5.95 Å². The second kappa shape index (κ2) is 10.5. The Kier molecular flexibility index (Phi) is 7.57. The number of nitrogens with zero attached hydrogens (tertiary/aromatic N) is 3. The van der Waals surface area contributed by atoms with Crippen LogP contribution in [0, 0.1) is 0 Å². The van der Waals surface area contributed by atoms with E-state index in [4.69, 9.17) is 5.84 Å². The maximum absolute atomic E-state index is 12.9. The van der Waals surface area contributed by atoms with Crippen molar-refractivity contribution in [2.45, 2.75) is 40.2 Å². The molecule has 1 aromatic heterocycles. The maximum atomic E-state index is 12.9. The number of allylic oxidation sites excluding steroid dienone is 3. The number of amides is 1. The minimum Gasteiger partial charge on any atom is -0.305 e. The quantitative estimate of drug-likeness (QED) is 0.226. The number of carbonyl (C=O) groups is 1. The van der Waals surface area contributed by atoms with Crippen molar-refractivity contribution >= 4 is 17.9 Å². The van der Waals surface area contributed by atoms with Crippen LogP contribution in [-0.2, 0) is 6.54 Å². The molecule has 0 fully saturated rings. The Bertz CT molecular complexity index is 1060. The van der Waals surface area contributed by atoms with Crippen LogP contribution in [0.5, 0.6) is 0 Å². The molecule has 3 aromatic rings. The molecule has 2 aromatic carbocycles. The van der Waals surface area contributed by atoms with Crippen molar-refractivity contribution in [1.29, 1.82) is 0 Å². The number of hydrogen-bond donors (Lipinski definition) is 1. The molecule has 0 spiro atoms. The Morgan fingerprint density at radius 3 is 2.32 bits per heavy atom. The summed E-state index contributed by atoms with van der Waals surface area (Å²) in [6.07, 6.45) is 8.11. The van der Waals surface area contributed by atoms with Gasteiger partial charge in [-0.05, 0) is 57.4 Å². The average molecular weight is 415 g/mol. The minimum atomic E-state index is -0.295. The van der Waals surface area contributed by atoms with Crippen molar-refractivity contribution in [3.05, 3.63) is 101 Å². The van der Waals surface area contributed by atoms with Crippen molar-refractivity contribution in [2.24, 2.45) is 5.84 Å². The highest BCUT2D eigenvalue weighted by atomic mass is 16.2. The Labute approximate surface area is 184 Å². The van der Waals surface area contributed by atoms with Gasteiger partial charge in [0, 0.05) is 5.56 Å². The zero-order chi connectivity index (χ0) is 22.2. The summed E-state index contributed by atoms with van der Waals surface area (Å²) in [5.41, 5.74) is 5.12. The van der Waals surface area contributed by atoms with Crippen LogP contribution in [0.25, 0.3) is 6.08 Å². The normalized spacial score (nSPS) is 11.3. The molecule has 0 radical (unpaired) electrons. The lowest BCUT2D eigenvalue weighted by molar-refractivity contribution is 0.0984. The monoisotopic (exact) mass is 414 g/mol. The van der Waals surface area contributed by atoms with Gasteiger partial charge in [-0.3, -0.25) is 4.79 Å². The first-order valence-electron chi connectivity index (χ1n) is 10.5. The number of benzene rings is 2. The lowest BCUT2D eigenvalue weighted by Crippen LogP contribution is -2.39. The predicted octanol–water partition coefficient (Wildman–Crippen LogP) is 5.60. The fourth-order valence-electron chi connectivity index (χ4n) is 3.34. The molecular weight excluding hydrogens is 384 g/mol. The van der Waals surface area contributed by atoms with E-state index in [-0.39, 0.29) is 5.91 Å². The number of anilines is 1. The minimum absolute atomic E-state index is 0.295. The van der Waals surface area contributed by atoms with Gasteiger partial charge in [0.05, 0.1) is 18.4 Å². The van der Waals surface area contributed by atoms with Gasteiger partial charge >= 0.3 is 0 Å². The number of rotatable bonds is 8. The maximum Gasteiger partial charge on any atom is 0.274 e. The second-order valence-corrected chi connectivity index (χ2v) is 7.91. The largest absolute Gasteiger partial charge is 0.305 e. The smallest absolute Gasteiger partial charge is 0.274 e. The standard InChI is InChI=1S/C26H30N4O/c1-20(2)11-10-12-21(3)17-24-18-28-26(29(24)19-22-13-6-4-7-14-22)30(27)25(31)23-15-8-5-9-16-23/h4-9,11,13-18H,10,12,19,27H2,1-3H3. The summed E-state index contributed by atoms with van der Waals surface area (Å²) in [5, 5.41) is 1.13. The molecule has 0 unspecified atom stereocenters. The Balaban J connectivity index is 1.93. The summed E-state index contributed by atoms with van der Waals surface area (Å²) < 4.78 is 1.99. The number of hydrazine groups is 1. The van der Waals surface area contributed by atoms with Crippen LogP contribution in [0.3, 0.4) is 0 Å². The van der Waals surface area contributed by atoms with E-state index in [0.717, 1.165) is 29.1 Å². The Hall–Kier alpha value is -3.44. The topological polar surface area (TPSA) is 64.2 Å². The highest BCUT2D eigenvalue weighted by molar-refractivity contribution is 6.04. The number of aromatic nitrogens is 2. The van der Waals surface area contributed by atoms with Crippen molar-refractivity contribution < 1.29 is 4.79 Å². The van der Waals surface area contributed by atoms with Gasteiger partial charge in [0.15, 0.2) is 0 Å². The lowest BCUT2D eigenvalue weighted by Gasteiger charge is -2.19. The second-order valence-electron chi connectivity index (χ2n) is 7.91. The van der Waals surface area contributed by atoms with E-state index < -0.39 is 0 Å². The van der Waals surface area contributed by atoms with Gasteiger partial charge in [-0.2, -0.15) is 0 Å². The molecule has 0 aliphatic rings. The van der Waals surface area contributed by atoms with Crippen LogP contribution in [0.2, 0.25) is 0 Å². The van der Waals surface area contributed by atoms with Crippen molar-refractivity contribution in [1.82, 2.24) is 9.55 Å². The number of nitrogens with two attached hydrogens (primary N) is 1. The highest BCUT2D eigenvalue weighted by Gasteiger charge is 2.20. The first kappa shape index (κ1) is 22.2. The van der Waals surface area contributed by atoms with Gasteiger partial charge < -0.3 is 4.57 Å². The summed E-state index contributed by atoms with van der Waals surface area (Å²) >= 11 is 0. The molecule has 1 amide bonds. The van der Waals surface area contributed by atoms with Crippen molar-refractivity contribution in [3.63, 3.8) is 0 Å². The van der Waals surface area contributed by atoms with Crippen LogP contribution < -0.4 is 10.9 Å². The van der Waals surface area contributed by atoms with Gasteiger partial charge in [-0.15, -0.1) is 0 Å². The molecule has 0 aliphatic carbocycles. The fraction of sp³-hybridized carbons (Fsp3) is 0.231. The van der Waals surface area contributed by atoms with Crippen LogP contribution in [-0.4, -0.2) is 15.5 Å². The predicted molar refractivity (Wildman–Crippen MR) is 128 cm³/mol. The fourth-order valence-corrected chi connectivity index (χ4v) is 3.34. The SMILES string of the molecule is CC(C)=CCCC(C)=Cc1cnc(N(N)C(=O)c2ccccc2)n1Cc1ccccc1. The molecule has 2 N–H and O–H groups in total. The van der Waals surface area contributed by atoms with Crippen LogP contribution in [0.15, 0.2) is 84.1 Å². The third kappa shape index (κ3) is 6.03. The molecule has 3 rings (SSSR count). The number of carbonyl (C=O) groups excluding carboxylic acids is 1. The highest BCUT2D eigenvalue weighted by Crippen LogP contribution is 2.21. The first-order valence-corrected chi connectivity index (χ1v) is 10.5. The summed E-state index contributed by atoms with van der Waals surface area (Å²) in [7, 11) is 0. The molecule has 31 heavy (non-hydrogen) atoms. The van der Waals surface area contributed by atoms with E-state index in [9.17, 15) is 4.79 Å². The molecule has 1 heterocycles. The first-order chi connectivity index (χ1) is 15.0. The molecule has 0 atom stereocenters. The molecular formula is C26H30N4O. The van der Waals surface area contributed by atoms with Crippen molar-refractivity contribution in [2.75, 3.05) is 5.01 Å². The van der Waals surface area contributed by atoms with E-state index in [1.54, 1.807) is 18.3 Å². The van der Waals surface area contributed by atoms with E-state index in [1.165, 1.54) is 11.1 Å². The van der Waals surface area contributed by atoms with Gasteiger partial charge in [0.25, 0.3) is 5.91 Å². The average Bonchev–Trinajstić information content (AvgIpc) is 3.15. The Morgan fingerprint density at radius 1 is 1.03 bits per heavy atom. The van der Waals surface area contributed by atoms with Gasteiger partial charge in [0.1, 0.15) is 0 Å². The lowest BCUT2D eigenvalue weighted by atomic mass is 10.1. The Morgan fingerprint density at radius 2 is 1.68 bits per heavy atom. The van der Waals surface area contributed by atoms with Gasteiger partial charge in [-0.25, -0.2) is 15.8 Å². The molecule has 0 aliphatic heterocycles. The van der Waals surface area contributed by atoms with Crippen LogP contribution in [0.4, 0.5) is 5.95 Å². The number of hydrogen-bond acceptors (Lipinski definition) is 3. The molecule has 160 valence electrons. The van der Waals surface area contributed by atoms with E-state index in [0.29, 0.717) is 18.1 Å². The zero-order valence-electron chi connectivity index (χ0n) is 18.5. The van der Waals surface area contributed by atoms with E-state index in [2.05, 4.69) is 50.0 Å². The van der Waals surface area contributed by atoms with E-state index in [1.807, 2.05) is 41.0 Å². The third-order valence-electron chi connectivity index (χ3n) is 4.99. The molecule has 5 heteroatoms. The molecule has 0 bridgehead atoms. The third-order valence-corrected chi connectivity index (χ3v) is 4.99. The summed E-state index contributed by atoms with van der Waals surface area (Å²) in [6, 6.07) is 19.1. The van der Waals surface area contributed by atoms with E-state index >= 15 is 0 Å². The molecule has 0 saturated carbocycles. The summed E-state index contributed by atoms with van der Waals surface area (Å²) in [4.78, 5) is 17.4. The molecule has 0 saturated heterocycles. The van der Waals surface area contributed by atoms with Crippen molar-refractivity contribution in [3.8, 4) is 0 Å². The summed E-state index contributed by atoms with van der Waals surface area (Å²) in [6.45, 7) is 6.91. The van der Waals surface area contributed by atoms with Gasteiger partial charge in [-0.1, -0.05) is 65.8 Å².